The molecule has 0 saturated carbocycles. The van der Waals surface area contributed by atoms with Gasteiger partial charge < -0.3 is 15.4 Å². The van der Waals surface area contributed by atoms with Crippen molar-refractivity contribution in [2.45, 2.75) is 13.0 Å². The summed E-state index contributed by atoms with van der Waals surface area (Å²) in [7, 11) is 0. The summed E-state index contributed by atoms with van der Waals surface area (Å²) in [4.78, 5) is 15.1. The Hall–Kier alpha value is -1.11. The van der Waals surface area contributed by atoms with Crippen LogP contribution in [0.5, 0.6) is 0 Å². The number of anilines is 1. The summed E-state index contributed by atoms with van der Waals surface area (Å²) < 4.78 is 7.47. The smallest absolute Gasteiger partial charge is 0.266 e. The van der Waals surface area contributed by atoms with Gasteiger partial charge in [0.2, 0.25) is 0 Å². The van der Waals surface area contributed by atoms with E-state index in [1.807, 2.05) is 30.0 Å². The Balaban J connectivity index is 1.97. The zero-order valence-electron chi connectivity index (χ0n) is 11.1. The number of carbonyl (C=O) groups is 1. The van der Waals surface area contributed by atoms with E-state index in [2.05, 4.69) is 15.9 Å². The summed E-state index contributed by atoms with van der Waals surface area (Å²) in [5.41, 5.74) is 6.74. The molecule has 1 aromatic carbocycles. The number of rotatable bonds is 1. The number of fused-ring (bicyclic) bond motifs is 1. The van der Waals surface area contributed by atoms with E-state index < -0.39 is 0 Å². The molecule has 0 bridgehead atoms. The fourth-order valence-electron chi connectivity index (χ4n) is 2.39. The topological polar surface area (TPSA) is 55.6 Å². The van der Waals surface area contributed by atoms with Gasteiger partial charge in [-0.3, -0.25) is 4.79 Å². The zero-order valence-corrected chi connectivity index (χ0v) is 13.5. The number of halogens is 1. The number of morpholine rings is 1. The molecule has 1 saturated heterocycles. The highest BCUT2D eigenvalue weighted by atomic mass is 79.9. The van der Waals surface area contributed by atoms with E-state index in [9.17, 15) is 4.79 Å². The van der Waals surface area contributed by atoms with Gasteiger partial charge in [0, 0.05) is 27.6 Å². The van der Waals surface area contributed by atoms with Gasteiger partial charge in [0.15, 0.2) is 0 Å². The van der Waals surface area contributed by atoms with Gasteiger partial charge in [0.05, 0.1) is 18.4 Å². The number of hydrogen-bond donors (Lipinski definition) is 1. The van der Waals surface area contributed by atoms with Crippen molar-refractivity contribution in [3.8, 4) is 0 Å². The van der Waals surface area contributed by atoms with E-state index in [1.54, 1.807) is 0 Å². The molecule has 3 rings (SSSR count). The molecule has 2 heterocycles. The van der Waals surface area contributed by atoms with Crippen LogP contribution in [0.2, 0.25) is 0 Å². The van der Waals surface area contributed by atoms with Crippen molar-refractivity contribution in [3.05, 3.63) is 27.5 Å². The lowest BCUT2D eigenvalue weighted by molar-refractivity contribution is -0.0122. The van der Waals surface area contributed by atoms with E-state index >= 15 is 0 Å². The molecule has 4 nitrogen and oxygen atoms in total. The summed E-state index contributed by atoms with van der Waals surface area (Å²) >= 11 is 4.89. The van der Waals surface area contributed by atoms with Crippen molar-refractivity contribution in [3.63, 3.8) is 0 Å². The van der Waals surface area contributed by atoms with Crippen LogP contribution in [0.25, 0.3) is 10.1 Å². The van der Waals surface area contributed by atoms with Gasteiger partial charge in [-0.2, -0.15) is 0 Å². The van der Waals surface area contributed by atoms with E-state index in [1.165, 1.54) is 11.3 Å². The van der Waals surface area contributed by atoms with E-state index in [4.69, 9.17) is 10.5 Å². The summed E-state index contributed by atoms with van der Waals surface area (Å²) in [5.74, 6) is 0.00923. The minimum Gasteiger partial charge on any atom is -0.397 e. The first-order valence-electron chi connectivity index (χ1n) is 6.44. The average molecular weight is 355 g/mol. The Labute approximate surface area is 129 Å². The molecule has 1 atom stereocenters. The Morgan fingerprint density at radius 1 is 1.55 bits per heavy atom. The summed E-state index contributed by atoms with van der Waals surface area (Å²) in [6.45, 7) is 3.81. The first-order valence-corrected chi connectivity index (χ1v) is 8.05. The number of thiophene rings is 1. The van der Waals surface area contributed by atoms with Gasteiger partial charge in [0.25, 0.3) is 5.91 Å². The standard InChI is InChI=1S/C14H15BrN2O2S/c1-8-7-17(4-5-19-8)14(18)13-12(16)10-6-9(15)2-3-11(10)20-13/h2-3,6,8H,4-5,7,16H2,1H3. The minimum absolute atomic E-state index is 0.00923. The monoisotopic (exact) mass is 354 g/mol. The highest BCUT2D eigenvalue weighted by Crippen LogP contribution is 2.36. The molecule has 2 aromatic rings. The summed E-state index contributed by atoms with van der Waals surface area (Å²) in [6.07, 6.45) is 0.0810. The van der Waals surface area contributed by atoms with Crippen molar-refractivity contribution in [2.75, 3.05) is 25.4 Å². The van der Waals surface area contributed by atoms with Gasteiger partial charge in [0.1, 0.15) is 4.88 Å². The molecule has 106 valence electrons. The molecule has 0 spiro atoms. The Morgan fingerprint density at radius 2 is 2.35 bits per heavy atom. The first-order chi connectivity index (χ1) is 9.56. The number of carbonyl (C=O) groups excluding carboxylic acids is 1. The molecule has 1 aliphatic heterocycles. The molecule has 0 radical (unpaired) electrons. The number of ether oxygens (including phenoxy) is 1. The Kier molecular flexibility index (Phi) is 3.70. The van der Waals surface area contributed by atoms with Gasteiger partial charge >= 0.3 is 0 Å². The maximum absolute atomic E-state index is 12.6. The van der Waals surface area contributed by atoms with Crippen LogP contribution in [0.15, 0.2) is 22.7 Å². The molecule has 6 heteroatoms. The zero-order chi connectivity index (χ0) is 14.3. The van der Waals surface area contributed by atoms with Crippen LogP contribution in [0.1, 0.15) is 16.6 Å². The number of benzene rings is 1. The van der Waals surface area contributed by atoms with Gasteiger partial charge in [-0.15, -0.1) is 11.3 Å². The van der Waals surface area contributed by atoms with Crippen LogP contribution in [0.4, 0.5) is 5.69 Å². The van der Waals surface area contributed by atoms with Crippen LogP contribution < -0.4 is 5.73 Å². The molecule has 2 N–H and O–H groups in total. The fraction of sp³-hybridized carbons (Fsp3) is 0.357. The quantitative estimate of drug-likeness (QED) is 0.855. The average Bonchev–Trinajstić information content (AvgIpc) is 2.75. The van der Waals surface area contributed by atoms with E-state index in [0.29, 0.717) is 30.3 Å². The second kappa shape index (κ2) is 5.35. The fourth-order valence-corrected chi connectivity index (χ4v) is 3.83. The first kappa shape index (κ1) is 13.9. The molecule has 1 aliphatic rings. The third-order valence-corrected chi connectivity index (χ3v) is 5.08. The van der Waals surface area contributed by atoms with Crippen molar-refractivity contribution in [1.82, 2.24) is 4.90 Å². The third kappa shape index (κ3) is 2.43. The lowest BCUT2D eigenvalue weighted by atomic mass is 10.2. The molecule has 1 unspecified atom stereocenters. The third-order valence-electron chi connectivity index (χ3n) is 3.41. The second-order valence-electron chi connectivity index (χ2n) is 4.92. The number of nitrogen functional groups attached to an aromatic ring is 1. The second-order valence-corrected chi connectivity index (χ2v) is 6.89. The van der Waals surface area contributed by atoms with E-state index in [-0.39, 0.29) is 12.0 Å². The maximum atomic E-state index is 12.6. The number of amides is 1. The molecular weight excluding hydrogens is 340 g/mol. The molecule has 20 heavy (non-hydrogen) atoms. The molecular formula is C14H15BrN2O2S. The largest absolute Gasteiger partial charge is 0.397 e. The highest BCUT2D eigenvalue weighted by molar-refractivity contribution is 9.10. The molecule has 1 fully saturated rings. The number of nitrogens with two attached hydrogens (primary N) is 1. The molecule has 1 aromatic heterocycles. The predicted octanol–water partition coefficient (Wildman–Crippen LogP) is 3.11. The van der Waals surface area contributed by atoms with Crippen LogP contribution in [-0.4, -0.2) is 36.6 Å². The van der Waals surface area contributed by atoms with Crippen LogP contribution in [-0.2, 0) is 4.74 Å². The van der Waals surface area contributed by atoms with Crippen LogP contribution in [0.3, 0.4) is 0 Å². The van der Waals surface area contributed by atoms with Crippen molar-refractivity contribution in [1.29, 1.82) is 0 Å². The predicted molar refractivity (Wildman–Crippen MR) is 85.3 cm³/mol. The van der Waals surface area contributed by atoms with Gasteiger partial charge in [-0.25, -0.2) is 0 Å². The number of hydrogen-bond acceptors (Lipinski definition) is 4. The Morgan fingerprint density at radius 3 is 3.10 bits per heavy atom. The van der Waals surface area contributed by atoms with Crippen LogP contribution in [0, 0.1) is 0 Å². The lowest BCUT2D eigenvalue weighted by Crippen LogP contribution is -2.44. The lowest BCUT2D eigenvalue weighted by Gasteiger charge is -2.30. The maximum Gasteiger partial charge on any atom is 0.266 e. The Bertz CT molecular complexity index is 670. The normalized spacial score (nSPS) is 19.5. The minimum atomic E-state index is 0.00923. The van der Waals surface area contributed by atoms with Crippen molar-refractivity contribution < 1.29 is 9.53 Å². The van der Waals surface area contributed by atoms with Gasteiger partial charge in [-0.1, -0.05) is 15.9 Å². The van der Waals surface area contributed by atoms with Crippen molar-refractivity contribution >= 4 is 48.9 Å². The molecule has 0 aliphatic carbocycles. The molecule has 1 amide bonds. The van der Waals surface area contributed by atoms with E-state index in [0.717, 1.165) is 14.6 Å². The summed E-state index contributed by atoms with van der Waals surface area (Å²) in [6, 6.07) is 5.91. The number of nitrogens with zero attached hydrogens (tertiary/aromatic N) is 1. The SMILES string of the molecule is CC1CN(C(=O)c2sc3ccc(Br)cc3c2N)CCO1. The van der Waals surface area contributed by atoms with Crippen molar-refractivity contribution in [2.24, 2.45) is 0 Å². The van der Waals surface area contributed by atoms with Crippen LogP contribution >= 0.6 is 27.3 Å². The highest BCUT2D eigenvalue weighted by Gasteiger charge is 2.26. The summed E-state index contributed by atoms with van der Waals surface area (Å²) in [5, 5.41) is 0.939. The van der Waals surface area contributed by atoms with Gasteiger partial charge in [-0.05, 0) is 25.1 Å².